The van der Waals surface area contributed by atoms with Gasteiger partial charge in [-0.3, -0.25) is 4.99 Å². The van der Waals surface area contributed by atoms with Crippen LogP contribution in [0, 0.1) is 5.92 Å². The van der Waals surface area contributed by atoms with Gasteiger partial charge in [0.05, 0.1) is 6.54 Å². The van der Waals surface area contributed by atoms with E-state index >= 15 is 0 Å². The number of nitrogens with zero attached hydrogens (tertiary/aromatic N) is 3. The Bertz CT molecular complexity index is 350. The largest absolute Gasteiger partial charge is 0.361 e. The molecule has 2 rings (SSSR count). The second kappa shape index (κ2) is 5.34. The highest BCUT2D eigenvalue weighted by Gasteiger charge is 2.22. The Morgan fingerprint density at radius 2 is 2.56 bits per heavy atom. The average Bonchev–Trinajstić information content (AvgIpc) is 2.87. The van der Waals surface area contributed by atoms with Gasteiger partial charge >= 0.3 is 0 Å². The number of hydrogen-bond donors (Lipinski definition) is 1. The highest BCUT2D eigenvalue weighted by atomic mass is 32.2. The van der Waals surface area contributed by atoms with Crippen LogP contribution in [-0.4, -0.2) is 33.6 Å². The Hall–Kier alpha value is -1.04. The van der Waals surface area contributed by atoms with Gasteiger partial charge < -0.3 is 9.84 Å². The maximum Gasteiger partial charge on any atom is 0.228 e. The summed E-state index contributed by atoms with van der Waals surface area (Å²) in [6.07, 6.45) is 2.12. The highest BCUT2D eigenvalue weighted by Crippen LogP contribution is 2.18. The van der Waals surface area contributed by atoms with E-state index in [4.69, 9.17) is 4.52 Å². The quantitative estimate of drug-likeness (QED) is 0.860. The molecule has 0 radical (unpaired) electrons. The molecule has 88 valence electrons. The van der Waals surface area contributed by atoms with Gasteiger partial charge in [0.2, 0.25) is 5.89 Å². The minimum atomic E-state index is 0.548. The first-order valence-corrected chi connectivity index (χ1v) is 6.43. The fraction of sp³-hybridized carbons (Fsp3) is 0.700. The minimum Gasteiger partial charge on any atom is -0.361 e. The van der Waals surface area contributed by atoms with Crippen LogP contribution >= 0.6 is 11.8 Å². The average molecular weight is 240 g/mol. The van der Waals surface area contributed by atoms with Gasteiger partial charge in [0.15, 0.2) is 11.5 Å². The van der Waals surface area contributed by atoms with Crippen molar-refractivity contribution in [2.24, 2.45) is 10.9 Å². The number of hydrogen-bond acceptors (Lipinski definition) is 5. The zero-order chi connectivity index (χ0) is 11.4. The number of thioether (sulfide) groups is 1. The molecule has 1 unspecified atom stereocenters. The third-order valence-corrected chi connectivity index (χ3v) is 3.55. The Morgan fingerprint density at radius 1 is 1.69 bits per heavy atom. The summed E-state index contributed by atoms with van der Waals surface area (Å²) in [5, 5.41) is 8.01. The van der Waals surface area contributed by atoms with Crippen molar-refractivity contribution in [1.82, 2.24) is 15.5 Å². The second-order valence-electron chi connectivity index (χ2n) is 4.08. The van der Waals surface area contributed by atoms with Crippen LogP contribution in [0.1, 0.15) is 19.7 Å². The topological polar surface area (TPSA) is 63.3 Å². The summed E-state index contributed by atoms with van der Waals surface area (Å²) < 4.78 is 4.90. The molecule has 0 aliphatic carbocycles. The maximum absolute atomic E-state index is 4.90. The van der Waals surface area contributed by atoms with Crippen LogP contribution in [0.5, 0.6) is 0 Å². The van der Waals surface area contributed by atoms with Gasteiger partial charge in [-0.1, -0.05) is 30.8 Å². The molecule has 0 saturated carbocycles. The van der Waals surface area contributed by atoms with Crippen molar-refractivity contribution in [2.75, 3.05) is 12.3 Å². The third-order valence-electron chi connectivity index (χ3n) is 2.50. The number of aromatic nitrogens is 2. The molecule has 1 saturated heterocycles. The van der Waals surface area contributed by atoms with E-state index in [1.54, 1.807) is 11.8 Å². The van der Waals surface area contributed by atoms with Gasteiger partial charge in [-0.15, -0.1) is 0 Å². The standard InChI is InChI=1S/C10H16N4OS/c1-7(2)8-5-16-10(14-8)11-4-3-9-12-6-13-15-9/h6-8H,3-5H2,1-2H3,(H,11,14). The first-order chi connectivity index (χ1) is 7.75. The van der Waals surface area contributed by atoms with Crippen molar-refractivity contribution in [2.45, 2.75) is 26.3 Å². The molecule has 16 heavy (non-hydrogen) atoms. The summed E-state index contributed by atoms with van der Waals surface area (Å²) in [5.74, 6) is 2.40. The first-order valence-electron chi connectivity index (χ1n) is 5.45. The summed E-state index contributed by atoms with van der Waals surface area (Å²) in [6, 6.07) is 0.548. The maximum atomic E-state index is 4.90. The monoisotopic (exact) mass is 240 g/mol. The Morgan fingerprint density at radius 3 is 3.19 bits per heavy atom. The molecular formula is C10H16N4OS. The van der Waals surface area contributed by atoms with Crippen LogP contribution in [0.4, 0.5) is 0 Å². The van der Waals surface area contributed by atoms with Crippen molar-refractivity contribution < 1.29 is 4.52 Å². The van der Waals surface area contributed by atoms with E-state index in [2.05, 4.69) is 34.3 Å². The van der Waals surface area contributed by atoms with Crippen molar-refractivity contribution in [1.29, 1.82) is 0 Å². The van der Waals surface area contributed by atoms with Crippen LogP contribution in [0.15, 0.2) is 15.8 Å². The fourth-order valence-corrected chi connectivity index (χ4v) is 2.64. The molecule has 1 fully saturated rings. The van der Waals surface area contributed by atoms with Gasteiger partial charge in [0.1, 0.15) is 0 Å². The summed E-state index contributed by atoms with van der Waals surface area (Å²) in [7, 11) is 0. The van der Waals surface area contributed by atoms with E-state index in [0.29, 0.717) is 30.8 Å². The lowest BCUT2D eigenvalue weighted by Crippen LogP contribution is -2.31. The smallest absolute Gasteiger partial charge is 0.228 e. The second-order valence-corrected chi connectivity index (χ2v) is 5.09. The number of rotatable bonds is 4. The molecular weight excluding hydrogens is 224 g/mol. The lowest BCUT2D eigenvalue weighted by atomic mass is 10.1. The molecule has 1 aromatic rings. The van der Waals surface area contributed by atoms with E-state index in [1.807, 2.05) is 0 Å². The van der Waals surface area contributed by atoms with Crippen LogP contribution in [0.2, 0.25) is 0 Å². The number of aliphatic imine (C=N–C) groups is 1. The lowest BCUT2D eigenvalue weighted by Gasteiger charge is -2.12. The summed E-state index contributed by atoms with van der Waals surface area (Å²) in [6.45, 7) is 5.14. The van der Waals surface area contributed by atoms with E-state index in [0.717, 1.165) is 10.9 Å². The predicted molar refractivity (Wildman–Crippen MR) is 64.5 cm³/mol. The molecule has 1 aliphatic heterocycles. The number of nitrogens with one attached hydrogen (secondary N) is 1. The zero-order valence-electron chi connectivity index (χ0n) is 9.51. The number of amidine groups is 1. The molecule has 0 amide bonds. The molecule has 1 N–H and O–H groups in total. The van der Waals surface area contributed by atoms with Gasteiger partial charge in [0, 0.05) is 18.2 Å². The molecule has 5 nitrogen and oxygen atoms in total. The fourth-order valence-electron chi connectivity index (χ4n) is 1.42. The van der Waals surface area contributed by atoms with Crippen molar-refractivity contribution in [3.8, 4) is 0 Å². The molecule has 0 spiro atoms. The molecule has 6 heteroatoms. The van der Waals surface area contributed by atoms with Gasteiger partial charge in [-0.25, -0.2) is 0 Å². The summed E-state index contributed by atoms with van der Waals surface area (Å²) >= 11 is 1.79. The lowest BCUT2D eigenvalue weighted by molar-refractivity contribution is 0.379. The highest BCUT2D eigenvalue weighted by molar-refractivity contribution is 8.14. The molecule has 1 aromatic heterocycles. The third kappa shape index (κ3) is 2.98. The Balaban J connectivity index is 1.77. The van der Waals surface area contributed by atoms with Crippen LogP contribution in [0.3, 0.4) is 0 Å². The van der Waals surface area contributed by atoms with Crippen LogP contribution < -0.4 is 5.32 Å². The SMILES string of the molecule is CC(C)C1CSC(=NCCc2ncno2)N1. The predicted octanol–water partition coefficient (Wildman–Crippen LogP) is 1.33. The van der Waals surface area contributed by atoms with Gasteiger partial charge in [-0.05, 0) is 5.92 Å². The van der Waals surface area contributed by atoms with Crippen LogP contribution in [-0.2, 0) is 6.42 Å². The van der Waals surface area contributed by atoms with E-state index in [9.17, 15) is 0 Å². The molecule has 0 bridgehead atoms. The van der Waals surface area contributed by atoms with Crippen LogP contribution in [0.25, 0.3) is 0 Å². The van der Waals surface area contributed by atoms with Crippen molar-refractivity contribution in [3.05, 3.63) is 12.2 Å². The summed E-state index contributed by atoms with van der Waals surface area (Å²) in [5.41, 5.74) is 0. The molecule has 1 atom stereocenters. The molecule has 0 aromatic carbocycles. The Kier molecular flexibility index (Phi) is 3.82. The van der Waals surface area contributed by atoms with Crippen molar-refractivity contribution >= 4 is 16.9 Å². The Labute approximate surface area is 99.1 Å². The van der Waals surface area contributed by atoms with Crippen molar-refractivity contribution in [3.63, 3.8) is 0 Å². The zero-order valence-corrected chi connectivity index (χ0v) is 10.3. The molecule has 1 aliphatic rings. The first kappa shape index (κ1) is 11.4. The van der Waals surface area contributed by atoms with E-state index in [-0.39, 0.29) is 0 Å². The minimum absolute atomic E-state index is 0.548. The van der Waals surface area contributed by atoms with Gasteiger partial charge in [-0.2, -0.15) is 4.98 Å². The molecule has 2 heterocycles. The summed E-state index contributed by atoms with van der Waals surface area (Å²) in [4.78, 5) is 8.42. The van der Waals surface area contributed by atoms with Gasteiger partial charge in [0.25, 0.3) is 0 Å². The van der Waals surface area contributed by atoms with E-state index < -0.39 is 0 Å². The normalized spacial score (nSPS) is 22.9. The van der Waals surface area contributed by atoms with E-state index in [1.165, 1.54) is 6.33 Å².